The van der Waals surface area contributed by atoms with E-state index in [1.807, 2.05) is 18.2 Å². The molecule has 0 radical (unpaired) electrons. The highest BCUT2D eigenvalue weighted by molar-refractivity contribution is 7.99. The highest BCUT2D eigenvalue weighted by Gasteiger charge is 2.39. The van der Waals surface area contributed by atoms with Crippen LogP contribution >= 0.6 is 11.8 Å². The largest absolute Gasteiger partial charge is 0.352 e. The van der Waals surface area contributed by atoms with Crippen molar-refractivity contribution < 1.29 is 4.79 Å². The molecule has 1 amide bonds. The summed E-state index contributed by atoms with van der Waals surface area (Å²) < 4.78 is 0. The lowest BCUT2D eigenvalue weighted by Crippen LogP contribution is -2.43. The predicted molar refractivity (Wildman–Crippen MR) is 126 cm³/mol. The number of rotatable bonds is 7. The van der Waals surface area contributed by atoms with E-state index < -0.39 is 0 Å². The van der Waals surface area contributed by atoms with Crippen LogP contribution in [0.15, 0.2) is 53.7 Å². The van der Waals surface area contributed by atoms with Gasteiger partial charge in [-0.2, -0.15) is 0 Å². The number of thioether (sulfide) groups is 1. The molecule has 2 aliphatic rings. The Labute approximate surface area is 188 Å². The fourth-order valence-corrected chi connectivity index (χ4v) is 5.49. The molecule has 31 heavy (non-hydrogen) atoms. The van der Waals surface area contributed by atoms with Gasteiger partial charge in [0, 0.05) is 24.4 Å². The summed E-state index contributed by atoms with van der Waals surface area (Å²) in [6.45, 7) is 6.12. The van der Waals surface area contributed by atoms with Gasteiger partial charge in [0.25, 0.3) is 0 Å². The lowest BCUT2D eigenvalue weighted by Gasteiger charge is -2.23. The fraction of sp³-hybridized carbons (Fsp3) is 0.440. The van der Waals surface area contributed by atoms with Gasteiger partial charge in [0.1, 0.15) is 0 Å². The molecule has 1 saturated carbocycles. The van der Waals surface area contributed by atoms with Crippen LogP contribution in [0, 0.1) is 0 Å². The van der Waals surface area contributed by atoms with Crippen LogP contribution in [0.2, 0.25) is 0 Å². The number of H-pyrrole nitrogens is 1. The van der Waals surface area contributed by atoms with E-state index in [0.717, 1.165) is 48.5 Å². The number of hydrogen-bond acceptors (Lipinski definition) is 4. The number of nitrogens with zero attached hydrogens (tertiary/aromatic N) is 2. The maximum Gasteiger partial charge on any atom is 0.237 e. The fourth-order valence-electron chi connectivity index (χ4n) is 4.30. The summed E-state index contributed by atoms with van der Waals surface area (Å²) in [5.41, 5.74) is 4.68. The minimum atomic E-state index is -0.0766. The summed E-state index contributed by atoms with van der Waals surface area (Å²) in [6, 6.07) is 17.3. The molecule has 1 aliphatic carbocycles. The van der Waals surface area contributed by atoms with Crippen LogP contribution < -0.4 is 5.32 Å². The summed E-state index contributed by atoms with van der Waals surface area (Å²) in [7, 11) is 0. The summed E-state index contributed by atoms with van der Waals surface area (Å²) in [5, 5.41) is 4.51. The van der Waals surface area contributed by atoms with Gasteiger partial charge in [-0.15, -0.1) is 0 Å². The van der Waals surface area contributed by atoms with E-state index in [9.17, 15) is 4.79 Å². The summed E-state index contributed by atoms with van der Waals surface area (Å²) in [4.78, 5) is 23.5. The lowest BCUT2D eigenvalue weighted by atomic mass is 10.0. The Kier molecular flexibility index (Phi) is 5.76. The Morgan fingerprint density at radius 3 is 2.68 bits per heavy atom. The van der Waals surface area contributed by atoms with E-state index in [1.54, 1.807) is 11.8 Å². The number of carbonyl (C=O) groups is 1. The van der Waals surface area contributed by atoms with Gasteiger partial charge in [0.2, 0.25) is 5.91 Å². The average molecular weight is 435 g/mol. The molecule has 6 heteroatoms. The van der Waals surface area contributed by atoms with E-state index in [2.05, 4.69) is 59.4 Å². The maximum absolute atomic E-state index is 13.0. The second-order valence-corrected chi connectivity index (χ2v) is 10.4. The third-order valence-corrected chi connectivity index (χ3v) is 7.36. The quantitative estimate of drug-likeness (QED) is 0.566. The molecule has 0 bridgehead atoms. The number of hydrogen-bond donors (Lipinski definition) is 2. The van der Waals surface area contributed by atoms with Crippen LogP contribution in [0.3, 0.4) is 0 Å². The molecular weight excluding hydrogens is 404 g/mol. The first-order chi connectivity index (χ1) is 15.0. The molecule has 1 saturated heterocycles. The van der Waals surface area contributed by atoms with Gasteiger partial charge in [-0.1, -0.05) is 62.0 Å². The van der Waals surface area contributed by atoms with Crippen molar-refractivity contribution in [1.29, 1.82) is 0 Å². The number of nitrogens with one attached hydrogen (secondary N) is 2. The summed E-state index contributed by atoms with van der Waals surface area (Å²) >= 11 is 1.76. The Morgan fingerprint density at radius 1 is 1.19 bits per heavy atom. The Hall–Kier alpha value is -2.31. The minimum absolute atomic E-state index is 0.0766. The standard InChI is InChI=1S/C25H30N4OS/c1-16(2)18-9-7-17(8-10-18)14-29-15-20(13-23(29)24(30)26-19-11-12-19)31-25-27-21-5-3-4-6-22(21)28-25/h3-10,16,19-20,23H,11-15H2,1-2H3,(H,26,30)(H,27,28)/t20-,23-/m0/s1. The SMILES string of the molecule is CC(C)c1ccc(CN2C[C@@H](Sc3nc4ccccc4[nH]3)C[C@H]2C(=O)NC2CC2)cc1. The Morgan fingerprint density at radius 2 is 1.97 bits per heavy atom. The zero-order chi connectivity index (χ0) is 21.4. The lowest BCUT2D eigenvalue weighted by molar-refractivity contribution is -0.125. The third-order valence-electron chi connectivity index (χ3n) is 6.27. The van der Waals surface area contributed by atoms with E-state index in [0.29, 0.717) is 17.2 Å². The molecular formula is C25H30N4OS. The zero-order valence-corrected chi connectivity index (χ0v) is 19.0. The van der Waals surface area contributed by atoms with Crippen LogP contribution in [-0.4, -0.2) is 44.7 Å². The van der Waals surface area contributed by atoms with Crippen molar-refractivity contribution in [1.82, 2.24) is 20.2 Å². The van der Waals surface area contributed by atoms with Crippen LogP contribution in [0.5, 0.6) is 0 Å². The first kappa shape index (κ1) is 20.6. The molecule has 5 nitrogen and oxygen atoms in total. The number of amides is 1. The normalized spacial score (nSPS) is 21.8. The highest BCUT2D eigenvalue weighted by atomic mass is 32.2. The maximum atomic E-state index is 13.0. The number of fused-ring (bicyclic) bond motifs is 1. The molecule has 2 atom stereocenters. The summed E-state index contributed by atoms with van der Waals surface area (Å²) in [6.07, 6.45) is 3.09. The number of para-hydroxylation sites is 2. The van der Waals surface area contributed by atoms with Gasteiger partial charge < -0.3 is 10.3 Å². The van der Waals surface area contributed by atoms with Crippen LogP contribution in [0.4, 0.5) is 0 Å². The third kappa shape index (κ3) is 4.80. The minimum Gasteiger partial charge on any atom is -0.352 e. The number of benzene rings is 2. The van der Waals surface area contributed by atoms with Crippen molar-refractivity contribution >= 4 is 28.7 Å². The number of aromatic amines is 1. The van der Waals surface area contributed by atoms with Crippen molar-refractivity contribution in [3.63, 3.8) is 0 Å². The zero-order valence-electron chi connectivity index (χ0n) is 18.2. The smallest absolute Gasteiger partial charge is 0.237 e. The highest BCUT2D eigenvalue weighted by Crippen LogP contribution is 2.34. The summed E-state index contributed by atoms with van der Waals surface area (Å²) in [5.74, 6) is 0.719. The van der Waals surface area contributed by atoms with E-state index in [-0.39, 0.29) is 11.9 Å². The number of aromatic nitrogens is 2. The van der Waals surface area contributed by atoms with Gasteiger partial charge in [0.15, 0.2) is 5.16 Å². The van der Waals surface area contributed by atoms with E-state index in [4.69, 9.17) is 4.98 Å². The van der Waals surface area contributed by atoms with Gasteiger partial charge in [0.05, 0.1) is 17.1 Å². The van der Waals surface area contributed by atoms with Gasteiger partial charge in [-0.25, -0.2) is 4.98 Å². The molecule has 2 aromatic carbocycles. The van der Waals surface area contributed by atoms with E-state index >= 15 is 0 Å². The number of carbonyl (C=O) groups excluding carboxylic acids is 1. The van der Waals surface area contributed by atoms with Crippen molar-refractivity contribution in [2.45, 2.75) is 68.1 Å². The molecule has 1 aromatic heterocycles. The molecule has 162 valence electrons. The van der Waals surface area contributed by atoms with Gasteiger partial charge in [-0.3, -0.25) is 9.69 Å². The van der Waals surface area contributed by atoms with Crippen molar-refractivity contribution in [3.8, 4) is 0 Å². The second kappa shape index (κ2) is 8.67. The monoisotopic (exact) mass is 434 g/mol. The average Bonchev–Trinajstić information content (AvgIpc) is 3.33. The van der Waals surface area contributed by atoms with Gasteiger partial charge >= 0.3 is 0 Å². The van der Waals surface area contributed by atoms with Crippen LogP contribution in [0.1, 0.15) is 50.2 Å². The van der Waals surface area contributed by atoms with Crippen molar-refractivity contribution in [2.24, 2.45) is 0 Å². The Bertz CT molecular complexity index is 1020. The van der Waals surface area contributed by atoms with Crippen molar-refractivity contribution in [2.75, 3.05) is 6.54 Å². The van der Waals surface area contributed by atoms with Crippen LogP contribution in [-0.2, 0) is 11.3 Å². The van der Waals surface area contributed by atoms with Crippen LogP contribution in [0.25, 0.3) is 11.0 Å². The molecule has 3 aromatic rings. The molecule has 5 rings (SSSR count). The predicted octanol–water partition coefficient (Wildman–Crippen LogP) is 4.70. The van der Waals surface area contributed by atoms with Gasteiger partial charge in [-0.05, 0) is 48.4 Å². The molecule has 2 fully saturated rings. The molecule has 1 aliphatic heterocycles. The number of likely N-dealkylation sites (tertiary alicyclic amines) is 1. The second-order valence-electron chi connectivity index (χ2n) is 9.16. The molecule has 0 spiro atoms. The van der Waals surface area contributed by atoms with Crippen molar-refractivity contribution in [3.05, 3.63) is 59.7 Å². The molecule has 2 N–H and O–H groups in total. The molecule has 2 heterocycles. The Balaban J connectivity index is 1.30. The first-order valence-corrected chi connectivity index (χ1v) is 12.2. The first-order valence-electron chi connectivity index (χ1n) is 11.3. The van der Waals surface area contributed by atoms with E-state index in [1.165, 1.54) is 11.1 Å². The molecule has 0 unspecified atom stereocenters. The topological polar surface area (TPSA) is 61.0 Å². The number of imidazole rings is 1.